The fourth-order valence-electron chi connectivity index (χ4n) is 1.57. The number of hydrogen-bond donors (Lipinski definition) is 3. The summed E-state index contributed by atoms with van der Waals surface area (Å²) < 4.78 is 31.2. The highest BCUT2D eigenvalue weighted by molar-refractivity contribution is 7.89. The minimum atomic E-state index is -3.68. The van der Waals surface area contributed by atoms with Crippen LogP contribution in [0.5, 0.6) is 0 Å². The molecule has 1 aromatic heterocycles. The second kappa shape index (κ2) is 4.47. The zero-order valence-corrected chi connectivity index (χ0v) is 9.66. The average molecular weight is 260 g/mol. The van der Waals surface area contributed by atoms with Crippen molar-refractivity contribution in [2.75, 3.05) is 13.2 Å². The summed E-state index contributed by atoms with van der Waals surface area (Å²) in [6.45, 7) is 0.871. The molecule has 3 N–H and O–H groups in total. The maximum Gasteiger partial charge on any atom is 0.352 e. The molecule has 0 aromatic carbocycles. The van der Waals surface area contributed by atoms with Gasteiger partial charge < -0.3 is 14.8 Å². The molecular weight excluding hydrogens is 248 g/mol. The maximum atomic E-state index is 11.8. The Bertz CT molecular complexity index is 515. The number of carbonyl (C=O) groups is 1. The van der Waals surface area contributed by atoms with Gasteiger partial charge in [-0.2, -0.15) is 0 Å². The van der Waals surface area contributed by atoms with Crippen molar-refractivity contribution < 1.29 is 23.1 Å². The average Bonchev–Trinajstić information content (AvgIpc) is 2.84. The van der Waals surface area contributed by atoms with Crippen LogP contribution in [-0.2, 0) is 14.8 Å². The van der Waals surface area contributed by atoms with E-state index in [0.717, 1.165) is 12.3 Å². The number of ether oxygens (including phenoxy) is 1. The number of hydrogen-bond acceptors (Lipinski definition) is 4. The van der Waals surface area contributed by atoms with Gasteiger partial charge in [0, 0.05) is 18.8 Å². The lowest BCUT2D eigenvalue weighted by molar-refractivity contribution is 0.0691. The van der Waals surface area contributed by atoms with Crippen LogP contribution in [0.15, 0.2) is 17.2 Å². The molecule has 1 aromatic rings. The molecular formula is C9H12N2O5S. The van der Waals surface area contributed by atoms with Gasteiger partial charge in [0.15, 0.2) is 0 Å². The first-order chi connectivity index (χ1) is 7.99. The predicted molar refractivity (Wildman–Crippen MR) is 57.3 cm³/mol. The highest BCUT2D eigenvalue weighted by Gasteiger charge is 2.24. The SMILES string of the molecule is O=C(O)c1cc(S(=O)(=O)NC2CCOC2)c[nH]1. The van der Waals surface area contributed by atoms with E-state index in [9.17, 15) is 13.2 Å². The summed E-state index contributed by atoms with van der Waals surface area (Å²) in [4.78, 5) is 12.9. The Morgan fingerprint density at radius 2 is 2.35 bits per heavy atom. The number of aromatic nitrogens is 1. The normalized spacial score (nSPS) is 20.6. The van der Waals surface area contributed by atoms with Crippen LogP contribution in [0.4, 0.5) is 0 Å². The van der Waals surface area contributed by atoms with E-state index < -0.39 is 16.0 Å². The predicted octanol–water partition coefficient (Wildman–Crippen LogP) is -0.220. The molecule has 1 aliphatic rings. The van der Waals surface area contributed by atoms with Crippen LogP contribution >= 0.6 is 0 Å². The number of sulfonamides is 1. The topological polar surface area (TPSA) is 108 Å². The van der Waals surface area contributed by atoms with E-state index >= 15 is 0 Å². The summed E-state index contributed by atoms with van der Waals surface area (Å²) in [7, 11) is -3.68. The van der Waals surface area contributed by atoms with E-state index in [1.807, 2.05) is 0 Å². The lowest BCUT2D eigenvalue weighted by Gasteiger charge is -2.09. The summed E-state index contributed by atoms with van der Waals surface area (Å²) in [5.74, 6) is -1.20. The van der Waals surface area contributed by atoms with Crippen LogP contribution in [-0.4, -0.2) is 43.7 Å². The van der Waals surface area contributed by atoms with Gasteiger partial charge in [-0.15, -0.1) is 0 Å². The van der Waals surface area contributed by atoms with Crippen LogP contribution in [0, 0.1) is 0 Å². The van der Waals surface area contributed by atoms with Gasteiger partial charge in [-0.3, -0.25) is 0 Å². The highest BCUT2D eigenvalue weighted by Crippen LogP contribution is 2.13. The van der Waals surface area contributed by atoms with E-state index in [0.29, 0.717) is 19.6 Å². The number of rotatable bonds is 4. The zero-order chi connectivity index (χ0) is 12.5. The number of aromatic amines is 1. The van der Waals surface area contributed by atoms with Gasteiger partial charge in [-0.25, -0.2) is 17.9 Å². The van der Waals surface area contributed by atoms with Crippen LogP contribution < -0.4 is 4.72 Å². The van der Waals surface area contributed by atoms with Crippen LogP contribution in [0.25, 0.3) is 0 Å². The minimum absolute atomic E-state index is 0.0817. The monoisotopic (exact) mass is 260 g/mol. The molecule has 1 aliphatic heterocycles. The third kappa shape index (κ3) is 2.65. The minimum Gasteiger partial charge on any atom is -0.477 e. The van der Waals surface area contributed by atoms with E-state index in [4.69, 9.17) is 9.84 Å². The molecule has 7 nitrogen and oxygen atoms in total. The van der Waals surface area contributed by atoms with E-state index in [-0.39, 0.29) is 16.6 Å². The first-order valence-electron chi connectivity index (χ1n) is 5.01. The van der Waals surface area contributed by atoms with Crippen molar-refractivity contribution in [3.05, 3.63) is 18.0 Å². The van der Waals surface area contributed by atoms with Gasteiger partial charge in [0.25, 0.3) is 0 Å². The highest BCUT2D eigenvalue weighted by atomic mass is 32.2. The van der Waals surface area contributed by atoms with Crippen LogP contribution in [0.3, 0.4) is 0 Å². The Hall–Kier alpha value is -1.38. The van der Waals surface area contributed by atoms with Crippen LogP contribution in [0.1, 0.15) is 16.9 Å². The zero-order valence-electron chi connectivity index (χ0n) is 8.84. The van der Waals surface area contributed by atoms with Crippen molar-refractivity contribution in [1.82, 2.24) is 9.71 Å². The summed E-state index contributed by atoms with van der Waals surface area (Å²) in [6.07, 6.45) is 1.77. The third-order valence-corrected chi connectivity index (χ3v) is 3.95. The second-order valence-corrected chi connectivity index (χ2v) is 5.45. The first kappa shape index (κ1) is 12.1. The maximum absolute atomic E-state index is 11.8. The van der Waals surface area contributed by atoms with Crippen molar-refractivity contribution in [3.63, 3.8) is 0 Å². The van der Waals surface area contributed by atoms with Crippen molar-refractivity contribution >= 4 is 16.0 Å². The smallest absolute Gasteiger partial charge is 0.352 e. The van der Waals surface area contributed by atoms with Gasteiger partial charge in [-0.1, -0.05) is 0 Å². The van der Waals surface area contributed by atoms with E-state index in [1.165, 1.54) is 0 Å². The molecule has 0 spiro atoms. The molecule has 0 aliphatic carbocycles. The molecule has 1 atom stereocenters. The molecule has 17 heavy (non-hydrogen) atoms. The molecule has 1 unspecified atom stereocenters. The summed E-state index contributed by atoms with van der Waals surface area (Å²) in [6, 6.07) is 0.837. The number of carboxylic acid groups (broad SMARTS) is 1. The lowest BCUT2D eigenvalue weighted by Crippen LogP contribution is -2.34. The molecule has 94 valence electrons. The Balaban J connectivity index is 2.15. The van der Waals surface area contributed by atoms with E-state index in [2.05, 4.69) is 9.71 Å². The van der Waals surface area contributed by atoms with Gasteiger partial charge in [0.05, 0.1) is 6.61 Å². The van der Waals surface area contributed by atoms with Gasteiger partial charge >= 0.3 is 5.97 Å². The van der Waals surface area contributed by atoms with E-state index in [1.54, 1.807) is 0 Å². The number of aromatic carboxylic acids is 1. The standard InChI is InChI=1S/C9H12N2O5S/c12-9(13)8-3-7(4-10-8)17(14,15)11-6-1-2-16-5-6/h3-4,6,10-11H,1-2,5H2,(H,12,13). The molecule has 2 heterocycles. The number of carboxylic acids is 1. The molecule has 1 fully saturated rings. The molecule has 0 radical (unpaired) electrons. The molecule has 2 rings (SSSR count). The number of H-pyrrole nitrogens is 1. The third-order valence-electron chi connectivity index (χ3n) is 2.45. The summed E-state index contributed by atoms with van der Waals surface area (Å²) in [5, 5.41) is 8.68. The number of nitrogens with one attached hydrogen (secondary N) is 2. The van der Waals surface area contributed by atoms with Crippen LogP contribution in [0.2, 0.25) is 0 Å². The molecule has 0 amide bonds. The lowest BCUT2D eigenvalue weighted by atomic mass is 10.3. The summed E-state index contributed by atoms with van der Waals surface area (Å²) in [5.41, 5.74) is -0.159. The van der Waals surface area contributed by atoms with Gasteiger partial charge in [-0.05, 0) is 12.5 Å². The molecule has 0 bridgehead atoms. The Kier molecular flexibility index (Phi) is 3.18. The van der Waals surface area contributed by atoms with Crippen molar-refractivity contribution in [2.24, 2.45) is 0 Å². The fourth-order valence-corrected chi connectivity index (χ4v) is 2.82. The largest absolute Gasteiger partial charge is 0.477 e. The second-order valence-electron chi connectivity index (χ2n) is 3.74. The first-order valence-corrected chi connectivity index (χ1v) is 6.49. The van der Waals surface area contributed by atoms with Gasteiger partial charge in [0.2, 0.25) is 10.0 Å². The molecule has 1 saturated heterocycles. The molecule has 0 saturated carbocycles. The Morgan fingerprint density at radius 1 is 1.59 bits per heavy atom. The van der Waals surface area contributed by atoms with Gasteiger partial charge in [0.1, 0.15) is 10.6 Å². The summed E-state index contributed by atoms with van der Waals surface area (Å²) >= 11 is 0. The van der Waals surface area contributed by atoms with Crippen molar-refractivity contribution in [1.29, 1.82) is 0 Å². The molecule has 8 heteroatoms. The van der Waals surface area contributed by atoms with Crippen molar-refractivity contribution in [2.45, 2.75) is 17.4 Å². The Labute approximate surface area is 97.8 Å². The fraction of sp³-hybridized carbons (Fsp3) is 0.444. The Morgan fingerprint density at radius 3 is 2.88 bits per heavy atom. The quantitative estimate of drug-likeness (QED) is 0.693. The van der Waals surface area contributed by atoms with Crippen molar-refractivity contribution in [3.8, 4) is 0 Å².